The van der Waals surface area contributed by atoms with Gasteiger partial charge in [-0.25, -0.2) is 0 Å². The Kier molecular flexibility index (Phi) is 3.86. The second-order valence-electron chi connectivity index (χ2n) is 4.43. The molecule has 0 spiro atoms. The Labute approximate surface area is 106 Å². The van der Waals surface area contributed by atoms with Crippen molar-refractivity contribution < 1.29 is 0 Å². The van der Waals surface area contributed by atoms with E-state index in [2.05, 4.69) is 36.2 Å². The highest BCUT2D eigenvalue weighted by molar-refractivity contribution is 7.11. The van der Waals surface area contributed by atoms with Crippen LogP contribution in [0.5, 0.6) is 0 Å². The maximum Gasteiger partial charge on any atom is 0.134 e. The molecule has 0 aliphatic heterocycles. The number of hydrogen-bond acceptors (Lipinski definition) is 4. The van der Waals surface area contributed by atoms with Crippen LogP contribution in [0.2, 0.25) is 0 Å². The second-order valence-corrected chi connectivity index (χ2v) is 5.47. The zero-order chi connectivity index (χ0) is 12.3. The van der Waals surface area contributed by atoms with Gasteiger partial charge in [-0.05, 0) is 12.0 Å². The van der Waals surface area contributed by atoms with E-state index >= 15 is 0 Å². The van der Waals surface area contributed by atoms with Crippen LogP contribution in [0.1, 0.15) is 41.4 Å². The van der Waals surface area contributed by atoms with Crippen LogP contribution in [-0.2, 0) is 6.42 Å². The van der Waals surface area contributed by atoms with Gasteiger partial charge in [0.2, 0.25) is 0 Å². The molecule has 4 heteroatoms. The van der Waals surface area contributed by atoms with Crippen molar-refractivity contribution >= 4 is 11.3 Å². The van der Waals surface area contributed by atoms with Crippen molar-refractivity contribution in [3.05, 3.63) is 45.9 Å². The van der Waals surface area contributed by atoms with Gasteiger partial charge in [-0.1, -0.05) is 55.5 Å². The van der Waals surface area contributed by atoms with Crippen molar-refractivity contribution in [1.82, 2.24) is 10.2 Å². The van der Waals surface area contributed by atoms with E-state index in [-0.39, 0.29) is 6.04 Å². The van der Waals surface area contributed by atoms with Gasteiger partial charge >= 0.3 is 0 Å². The molecule has 17 heavy (non-hydrogen) atoms. The van der Waals surface area contributed by atoms with Crippen LogP contribution in [0.25, 0.3) is 0 Å². The largest absolute Gasteiger partial charge is 0.322 e. The van der Waals surface area contributed by atoms with Crippen LogP contribution in [0.4, 0.5) is 0 Å². The number of hydrogen-bond donors (Lipinski definition) is 1. The molecule has 0 fully saturated rings. The maximum atomic E-state index is 6.15. The van der Waals surface area contributed by atoms with Crippen LogP contribution in [0.15, 0.2) is 30.3 Å². The smallest absolute Gasteiger partial charge is 0.134 e. The van der Waals surface area contributed by atoms with Gasteiger partial charge in [0.15, 0.2) is 0 Å². The maximum absolute atomic E-state index is 6.15. The molecular weight excluding hydrogens is 230 g/mol. The summed E-state index contributed by atoms with van der Waals surface area (Å²) >= 11 is 1.62. The summed E-state index contributed by atoms with van der Waals surface area (Å²) in [6.45, 7) is 4.24. The SMILES string of the molecule is CC(C)c1nnc(C(N)Cc2ccccc2)s1. The van der Waals surface area contributed by atoms with E-state index in [4.69, 9.17) is 5.73 Å². The first-order chi connectivity index (χ1) is 8.16. The molecule has 2 aromatic rings. The molecule has 0 bridgehead atoms. The highest BCUT2D eigenvalue weighted by Gasteiger charge is 2.14. The first kappa shape index (κ1) is 12.2. The Hall–Kier alpha value is -1.26. The van der Waals surface area contributed by atoms with Gasteiger partial charge in [-0.2, -0.15) is 0 Å². The summed E-state index contributed by atoms with van der Waals surface area (Å²) in [7, 11) is 0. The molecule has 2 rings (SSSR count). The van der Waals surface area contributed by atoms with E-state index in [1.54, 1.807) is 11.3 Å². The predicted octanol–water partition coefficient (Wildman–Crippen LogP) is 2.90. The fourth-order valence-corrected chi connectivity index (χ4v) is 2.43. The zero-order valence-corrected chi connectivity index (χ0v) is 10.9. The summed E-state index contributed by atoms with van der Waals surface area (Å²) in [6.07, 6.45) is 0.813. The summed E-state index contributed by atoms with van der Waals surface area (Å²) in [5, 5.41) is 10.3. The predicted molar refractivity (Wildman–Crippen MR) is 71.1 cm³/mol. The fraction of sp³-hybridized carbons (Fsp3) is 0.385. The molecule has 1 heterocycles. The van der Waals surface area contributed by atoms with Crippen molar-refractivity contribution in [3.8, 4) is 0 Å². The number of aromatic nitrogens is 2. The van der Waals surface area contributed by atoms with Gasteiger partial charge in [0.25, 0.3) is 0 Å². The molecular formula is C13H17N3S. The standard InChI is InChI=1S/C13H17N3S/c1-9(2)12-15-16-13(17-12)11(14)8-10-6-4-3-5-7-10/h3-7,9,11H,8,14H2,1-2H3. The van der Waals surface area contributed by atoms with Crippen molar-refractivity contribution in [2.75, 3.05) is 0 Å². The lowest BCUT2D eigenvalue weighted by atomic mass is 10.1. The minimum absolute atomic E-state index is 0.0533. The average Bonchev–Trinajstić information content (AvgIpc) is 2.79. The van der Waals surface area contributed by atoms with E-state index < -0.39 is 0 Å². The van der Waals surface area contributed by atoms with Crippen molar-refractivity contribution in [2.45, 2.75) is 32.2 Å². The van der Waals surface area contributed by atoms with Crippen LogP contribution < -0.4 is 5.73 Å². The van der Waals surface area contributed by atoms with Crippen molar-refractivity contribution in [2.24, 2.45) is 5.73 Å². The molecule has 3 nitrogen and oxygen atoms in total. The van der Waals surface area contributed by atoms with Crippen molar-refractivity contribution in [1.29, 1.82) is 0 Å². The topological polar surface area (TPSA) is 51.8 Å². The van der Waals surface area contributed by atoms with E-state index in [1.165, 1.54) is 5.56 Å². The van der Waals surface area contributed by atoms with Crippen LogP contribution in [0.3, 0.4) is 0 Å². The molecule has 1 atom stereocenters. The van der Waals surface area contributed by atoms with E-state index in [0.29, 0.717) is 5.92 Å². The minimum atomic E-state index is -0.0533. The molecule has 1 unspecified atom stereocenters. The number of rotatable bonds is 4. The lowest BCUT2D eigenvalue weighted by Gasteiger charge is -2.07. The summed E-state index contributed by atoms with van der Waals surface area (Å²) in [4.78, 5) is 0. The number of benzene rings is 1. The summed E-state index contributed by atoms with van der Waals surface area (Å²) < 4.78 is 0. The van der Waals surface area contributed by atoms with E-state index in [9.17, 15) is 0 Å². The van der Waals surface area contributed by atoms with Gasteiger partial charge < -0.3 is 5.73 Å². The second kappa shape index (κ2) is 5.38. The average molecular weight is 247 g/mol. The lowest BCUT2D eigenvalue weighted by Crippen LogP contribution is -2.12. The minimum Gasteiger partial charge on any atom is -0.322 e. The van der Waals surface area contributed by atoms with Gasteiger partial charge in [0, 0.05) is 5.92 Å². The molecule has 0 aliphatic carbocycles. The van der Waals surface area contributed by atoms with Crippen LogP contribution in [-0.4, -0.2) is 10.2 Å². The van der Waals surface area contributed by atoms with Crippen LogP contribution >= 0.6 is 11.3 Å². The molecule has 90 valence electrons. The molecule has 1 aromatic heterocycles. The highest BCUT2D eigenvalue weighted by atomic mass is 32.1. The van der Waals surface area contributed by atoms with Gasteiger partial charge in [0.05, 0.1) is 6.04 Å². The molecule has 2 N–H and O–H groups in total. The third-order valence-electron chi connectivity index (χ3n) is 2.57. The first-order valence-corrected chi connectivity index (χ1v) is 6.61. The summed E-state index contributed by atoms with van der Waals surface area (Å²) in [5.74, 6) is 0.421. The normalized spacial score (nSPS) is 12.9. The fourth-order valence-electron chi connectivity index (χ4n) is 1.59. The van der Waals surface area contributed by atoms with E-state index in [0.717, 1.165) is 16.4 Å². The van der Waals surface area contributed by atoms with Crippen LogP contribution in [0, 0.1) is 0 Å². The Balaban J connectivity index is 2.07. The molecule has 0 radical (unpaired) electrons. The quantitative estimate of drug-likeness (QED) is 0.903. The Morgan fingerprint density at radius 3 is 2.35 bits per heavy atom. The first-order valence-electron chi connectivity index (χ1n) is 5.79. The monoisotopic (exact) mass is 247 g/mol. The Morgan fingerprint density at radius 2 is 1.76 bits per heavy atom. The molecule has 1 aromatic carbocycles. The lowest BCUT2D eigenvalue weighted by molar-refractivity contribution is 0.700. The molecule has 0 aliphatic rings. The van der Waals surface area contributed by atoms with Gasteiger partial charge in [0.1, 0.15) is 10.0 Å². The summed E-state index contributed by atoms with van der Waals surface area (Å²) in [6, 6.07) is 10.2. The number of nitrogens with two attached hydrogens (primary N) is 1. The van der Waals surface area contributed by atoms with Gasteiger partial charge in [-0.15, -0.1) is 10.2 Å². The molecule has 0 saturated carbocycles. The van der Waals surface area contributed by atoms with E-state index in [1.807, 2.05) is 18.2 Å². The number of nitrogens with zero attached hydrogens (tertiary/aromatic N) is 2. The third kappa shape index (κ3) is 3.11. The Morgan fingerprint density at radius 1 is 1.12 bits per heavy atom. The van der Waals surface area contributed by atoms with Gasteiger partial charge in [-0.3, -0.25) is 0 Å². The molecule has 0 amide bonds. The molecule has 0 saturated heterocycles. The highest BCUT2D eigenvalue weighted by Crippen LogP contribution is 2.24. The van der Waals surface area contributed by atoms with Crippen molar-refractivity contribution in [3.63, 3.8) is 0 Å². The third-order valence-corrected chi connectivity index (χ3v) is 3.92. The zero-order valence-electron chi connectivity index (χ0n) is 10.1. The summed E-state index contributed by atoms with van der Waals surface area (Å²) in [5.41, 5.74) is 7.39. The Bertz CT molecular complexity index is 465.